The van der Waals surface area contributed by atoms with Crippen LogP contribution in [0.3, 0.4) is 0 Å². The van der Waals surface area contributed by atoms with Gasteiger partial charge in [-0.15, -0.1) is 0 Å². The largest absolute Gasteiger partial charge is 0.431 e. The van der Waals surface area contributed by atoms with Crippen molar-refractivity contribution in [3.63, 3.8) is 0 Å². The predicted molar refractivity (Wildman–Crippen MR) is 82.8 cm³/mol. The number of non-ortho nitro benzene ring substituents is 1. The fraction of sp³-hybridized carbons (Fsp3) is 0. The zero-order valence-electron chi connectivity index (χ0n) is 12.4. The molecule has 2 rings (SSSR count). The van der Waals surface area contributed by atoms with Gasteiger partial charge in [-0.25, -0.2) is 10.2 Å². The summed E-state index contributed by atoms with van der Waals surface area (Å²) in [5.41, 5.74) is 2.94. The Bertz CT molecular complexity index is 838. The van der Waals surface area contributed by atoms with Crippen molar-refractivity contribution >= 4 is 23.4 Å². The molecule has 0 aliphatic heterocycles. The molecular formula is C14H10N4O7. The van der Waals surface area contributed by atoms with Crippen LogP contribution in [0.2, 0.25) is 0 Å². The molecule has 0 saturated heterocycles. The molecule has 2 N–H and O–H groups in total. The quantitative estimate of drug-likeness (QED) is 0.633. The molecule has 11 nitrogen and oxygen atoms in total. The number of amides is 2. The van der Waals surface area contributed by atoms with Crippen LogP contribution in [-0.4, -0.2) is 21.8 Å². The number of benzene rings is 2. The average molecular weight is 346 g/mol. The summed E-state index contributed by atoms with van der Waals surface area (Å²) in [4.78, 5) is 43.2. The van der Waals surface area contributed by atoms with Crippen molar-refractivity contribution < 1.29 is 24.2 Å². The van der Waals surface area contributed by atoms with Crippen LogP contribution >= 0.6 is 0 Å². The number of nitrogens with zero attached hydrogens (tertiary/aromatic N) is 2. The van der Waals surface area contributed by atoms with E-state index in [-0.39, 0.29) is 5.56 Å². The molecule has 0 heterocycles. The Hall–Kier alpha value is -4.02. The van der Waals surface area contributed by atoms with Crippen molar-refractivity contribution in [1.29, 1.82) is 0 Å². The Balaban J connectivity index is 2.04. The maximum Gasteiger partial charge on any atom is 0.431 e. The van der Waals surface area contributed by atoms with E-state index in [9.17, 15) is 29.8 Å². The summed E-state index contributed by atoms with van der Waals surface area (Å²) >= 11 is 0. The van der Waals surface area contributed by atoms with E-state index in [1.807, 2.05) is 5.43 Å². The first kappa shape index (κ1) is 17.3. The highest BCUT2D eigenvalue weighted by Crippen LogP contribution is 2.30. The lowest BCUT2D eigenvalue weighted by Gasteiger charge is -2.08. The van der Waals surface area contributed by atoms with Crippen molar-refractivity contribution in [1.82, 2.24) is 10.9 Å². The highest BCUT2D eigenvalue weighted by molar-refractivity contribution is 5.94. The van der Waals surface area contributed by atoms with Crippen molar-refractivity contribution in [2.45, 2.75) is 0 Å². The van der Waals surface area contributed by atoms with Gasteiger partial charge in [0.15, 0.2) is 0 Å². The number of ether oxygens (including phenoxy) is 1. The van der Waals surface area contributed by atoms with Gasteiger partial charge >= 0.3 is 11.8 Å². The summed E-state index contributed by atoms with van der Waals surface area (Å²) in [5.74, 6) is -1.14. The molecule has 0 saturated carbocycles. The molecule has 0 unspecified atom stereocenters. The third-order valence-corrected chi connectivity index (χ3v) is 2.87. The van der Waals surface area contributed by atoms with E-state index in [0.717, 1.165) is 12.1 Å². The standard InChI is InChI=1S/C14H10N4O7/c19-13(9-4-2-1-3-5-9)15-16-14(20)25-12-7-6-10(17(21)22)8-11(12)18(23)24/h1-8H,(H,15,19)(H,16,20). The summed E-state index contributed by atoms with van der Waals surface area (Å²) in [7, 11) is 0. The molecule has 0 spiro atoms. The number of nitrogens with one attached hydrogen (secondary N) is 2. The number of carbonyl (C=O) groups is 2. The lowest BCUT2D eigenvalue weighted by molar-refractivity contribution is -0.394. The van der Waals surface area contributed by atoms with Gasteiger partial charge in [-0.05, 0) is 18.2 Å². The van der Waals surface area contributed by atoms with Crippen LogP contribution in [0.4, 0.5) is 16.2 Å². The minimum atomic E-state index is -1.21. The van der Waals surface area contributed by atoms with E-state index in [1.165, 1.54) is 12.1 Å². The second kappa shape index (κ2) is 7.50. The second-order valence-electron chi connectivity index (χ2n) is 4.50. The zero-order valence-corrected chi connectivity index (χ0v) is 12.4. The lowest BCUT2D eigenvalue weighted by Crippen LogP contribution is -2.43. The Morgan fingerprint density at radius 2 is 1.60 bits per heavy atom. The highest BCUT2D eigenvalue weighted by Gasteiger charge is 2.22. The third kappa shape index (κ3) is 4.48. The summed E-state index contributed by atoms with van der Waals surface area (Å²) in [6.07, 6.45) is -1.21. The van der Waals surface area contributed by atoms with Crippen LogP contribution in [0, 0.1) is 20.2 Å². The molecule has 0 aliphatic carbocycles. The van der Waals surface area contributed by atoms with Crippen LogP contribution in [0.25, 0.3) is 0 Å². The number of hydrazine groups is 1. The Labute approximate surface area is 139 Å². The van der Waals surface area contributed by atoms with Gasteiger partial charge in [0.05, 0.1) is 15.9 Å². The van der Waals surface area contributed by atoms with E-state index >= 15 is 0 Å². The molecule has 0 atom stereocenters. The summed E-state index contributed by atoms with van der Waals surface area (Å²) in [5, 5.41) is 21.6. The molecule has 2 aromatic carbocycles. The smallest absolute Gasteiger partial charge is 0.402 e. The normalized spacial score (nSPS) is 9.76. The molecule has 0 fully saturated rings. The molecule has 128 valence electrons. The summed E-state index contributed by atoms with van der Waals surface area (Å²) < 4.78 is 4.70. The van der Waals surface area contributed by atoms with Crippen LogP contribution in [-0.2, 0) is 0 Å². The number of nitro benzene ring substituents is 2. The van der Waals surface area contributed by atoms with Gasteiger partial charge in [-0.3, -0.25) is 30.4 Å². The number of carbonyl (C=O) groups excluding carboxylic acids is 2. The Morgan fingerprint density at radius 1 is 0.920 bits per heavy atom. The fourth-order valence-electron chi connectivity index (χ4n) is 1.74. The van der Waals surface area contributed by atoms with Gasteiger partial charge in [0, 0.05) is 11.6 Å². The Kier molecular flexibility index (Phi) is 5.20. The first-order chi connectivity index (χ1) is 11.9. The van der Waals surface area contributed by atoms with Crippen LogP contribution in [0.15, 0.2) is 48.5 Å². The van der Waals surface area contributed by atoms with E-state index in [2.05, 4.69) is 5.43 Å². The van der Waals surface area contributed by atoms with E-state index in [1.54, 1.807) is 18.2 Å². The van der Waals surface area contributed by atoms with Gasteiger partial charge in [0.25, 0.3) is 11.6 Å². The van der Waals surface area contributed by atoms with Gasteiger partial charge in [-0.2, -0.15) is 0 Å². The second-order valence-corrected chi connectivity index (χ2v) is 4.50. The number of hydrogen-bond donors (Lipinski definition) is 2. The van der Waals surface area contributed by atoms with Crippen LogP contribution in [0.5, 0.6) is 5.75 Å². The van der Waals surface area contributed by atoms with E-state index in [4.69, 9.17) is 4.74 Å². The topological polar surface area (TPSA) is 154 Å². The molecule has 0 aromatic heterocycles. The highest BCUT2D eigenvalue weighted by atomic mass is 16.6. The van der Waals surface area contributed by atoms with Crippen LogP contribution in [0.1, 0.15) is 10.4 Å². The van der Waals surface area contributed by atoms with Crippen molar-refractivity contribution in [3.05, 3.63) is 74.3 Å². The molecule has 0 radical (unpaired) electrons. The monoisotopic (exact) mass is 346 g/mol. The van der Waals surface area contributed by atoms with Gasteiger partial charge in [0.2, 0.25) is 5.75 Å². The van der Waals surface area contributed by atoms with Gasteiger partial charge in [0.1, 0.15) is 0 Å². The molecule has 11 heteroatoms. The van der Waals surface area contributed by atoms with Crippen molar-refractivity contribution in [2.75, 3.05) is 0 Å². The minimum Gasteiger partial charge on any atom is -0.402 e. The molecule has 2 aromatic rings. The van der Waals surface area contributed by atoms with E-state index < -0.39 is 39.0 Å². The summed E-state index contributed by atoms with van der Waals surface area (Å²) in [6, 6.07) is 10.5. The molecule has 2 amide bonds. The SMILES string of the molecule is O=C(NNC(=O)c1ccccc1)Oc1ccc([N+](=O)[O-])cc1[N+](=O)[O-]. The van der Waals surface area contributed by atoms with Gasteiger partial charge in [-0.1, -0.05) is 18.2 Å². The van der Waals surface area contributed by atoms with Crippen molar-refractivity contribution in [3.8, 4) is 5.75 Å². The maximum atomic E-state index is 11.7. The number of nitro groups is 2. The molecular weight excluding hydrogens is 336 g/mol. The third-order valence-electron chi connectivity index (χ3n) is 2.87. The average Bonchev–Trinajstić information content (AvgIpc) is 2.60. The van der Waals surface area contributed by atoms with E-state index in [0.29, 0.717) is 6.07 Å². The predicted octanol–water partition coefficient (Wildman–Crippen LogP) is 1.94. The molecule has 0 aliphatic rings. The first-order valence-electron chi connectivity index (χ1n) is 6.64. The fourth-order valence-corrected chi connectivity index (χ4v) is 1.74. The number of rotatable bonds is 4. The zero-order chi connectivity index (χ0) is 18.4. The van der Waals surface area contributed by atoms with Crippen molar-refractivity contribution in [2.24, 2.45) is 0 Å². The lowest BCUT2D eigenvalue weighted by atomic mass is 10.2. The van der Waals surface area contributed by atoms with Gasteiger partial charge < -0.3 is 4.74 Å². The summed E-state index contributed by atoms with van der Waals surface area (Å²) in [6.45, 7) is 0. The molecule has 0 bridgehead atoms. The maximum absolute atomic E-state index is 11.7. The minimum absolute atomic E-state index is 0.268. The molecule has 25 heavy (non-hydrogen) atoms. The first-order valence-corrected chi connectivity index (χ1v) is 6.64. The number of hydrogen-bond acceptors (Lipinski definition) is 7. The van der Waals surface area contributed by atoms with Crippen LogP contribution < -0.4 is 15.6 Å². The Morgan fingerprint density at radius 3 is 2.20 bits per heavy atom.